The van der Waals surface area contributed by atoms with Gasteiger partial charge in [0, 0.05) is 30.9 Å². The zero-order valence-electron chi connectivity index (χ0n) is 28.4. The van der Waals surface area contributed by atoms with E-state index < -0.39 is 41.3 Å². The molecule has 0 radical (unpaired) electrons. The lowest BCUT2D eigenvalue weighted by molar-refractivity contribution is 0.0854. The molecule has 0 aromatic heterocycles. The molecule has 1 fully saturated rings. The standard InChI is InChI=1S/C33H57N3O5S2/c1-12-36(31(6,7)8)42(38,39)29-19-18-26(20-27(29)30(3,4)5)28-21-33(11,43(40,41)34-23-32(9,10)37)24(2)35(28)22-25-16-14-13-15-17-25/h18-21,24-25,34,37H,12-17,22-23H2,1-11H3. The van der Waals surface area contributed by atoms with Crippen LogP contribution in [0, 0.1) is 5.92 Å². The highest BCUT2D eigenvalue weighted by Gasteiger charge is 2.51. The fraction of sp³-hybridized carbons (Fsp3) is 0.758. The zero-order valence-corrected chi connectivity index (χ0v) is 30.0. The van der Waals surface area contributed by atoms with Gasteiger partial charge in [0.2, 0.25) is 20.0 Å². The van der Waals surface area contributed by atoms with E-state index in [0.29, 0.717) is 18.0 Å². The largest absolute Gasteiger partial charge is 0.389 e. The van der Waals surface area contributed by atoms with Crippen molar-refractivity contribution in [1.82, 2.24) is 13.9 Å². The molecule has 1 aromatic rings. The second-order valence-electron chi connectivity index (χ2n) is 15.5. The first kappa shape index (κ1) is 36.0. The number of nitrogens with zero attached hydrogens (tertiary/aromatic N) is 2. The SMILES string of the molecule is CCN(C(C)(C)C)S(=O)(=O)c1ccc(C2=CC(C)(S(=O)(=O)NCC(C)(C)O)C(C)N2CC2CCCCC2)cc1C(C)(C)C. The molecule has 0 saturated heterocycles. The summed E-state index contributed by atoms with van der Waals surface area (Å²) in [7, 11) is -7.69. The molecule has 8 nitrogen and oxygen atoms in total. The van der Waals surface area contributed by atoms with Gasteiger partial charge in [-0.2, -0.15) is 4.31 Å². The van der Waals surface area contributed by atoms with Gasteiger partial charge in [0.05, 0.1) is 16.5 Å². The maximum absolute atomic E-state index is 14.1. The predicted octanol–water partition coefficient (Wildman–Crippen LogP) is 5.87. The summed E-state index contributed by atoms with van der Waals surface area (Å²) in [6.07, 6.45) is 7.66. The van der Waals surface area contributed by atoms with Crippen LogP contribution in [0.25, 0.3) is 5.70 Å². The van der Waals surface area contributed by atoms with Crippen molar-refractivity contribution in [3.8, 4) is 0 Å². The summed E-state index contributed by atoms with van der Waals surface area (Å²) in [5.41, 5.74) is 0.0582. The normalized spacial score (nSPS) is 23.2. The Morgan fingerprint density at radius 2 is 1.58 bits per heavy atom. The molecule has 2 aliphatic rings. The van der Waals surface area contributed by atoms with E-state index in [4.69, 9.17) is 0 Å². The number of hydrogen-bond acceptors (Lipinski definition) is 6. The monoisotopic (exact) mass is 639 g/mol. The first-order valence-corrected chi connectivity index (χ1v) is 18.8. The van der Waals surface area contributed by atoms with E-state index in [1.54, 1.807) is 26.8 Å². The molecule has 1 saturated carbocycles. The third-order valence-corrected chi connectivity index (χ3v) is 13.6. The topological polar surface area (TPSA) is 107 Å². The third kappa shape index (κ3) is 7.68. The van der Waals surface area contributed by atoms with Crippen LogP contribution in [0.1, 0.15) is 119 Å². The van der Waals surface area contributed by atoms with Crippen molar-refractivity contribution in [3.63, 3.8) is 0 Å². The van der Waals surface area contributed by atoms with E-state index in [-0.39, 0.29) is 17.5 Å². The van der Waals surface area contributed by atoms with Gasteiger partial charge in [-0.3, -0.25) is 0 Å². The van der Waals surface area contributed by atoms with Gasteiger partial charge in [-0.15, -0.1) is 0 Å². The van der Waals surface area contributed by atoms with Gasteiger partial charge < -0.3 is 10.0 Å². The fourth-order valence-corrected chi connectivity index (χ4v) is 10.4. The molecule has 1 aliphatic carbocycles. The van der Waals surface area contributed by atoms with E-state index in [2.05, 4.69) is 9.62 Å². The lowest BCUT2D eigenvalue weighted by Crippen LogP contribution is -2.54. The Morgan fingerprint density at radius 3 is 2.07 bits per heavy atom. The van der Waals surface area contributed by atoms with Gasteiger partial charge in [0.1, 0.15) is 4.75 Å². The molecule has 1 heterocycles. The van der Waals surface area contributed by atoms with Crippen LogP contribution in [0.3, 0.4) is 0 Å². The van der Waals surface area contributed by atoms with Crippen LogP contribution in [0.4, 0.5) is 0 Å². The Hall–Kier alpha value is -1.46. The first-order valence-electron chi connectivity index (χ1n) is 15.8. The first-order chi connectivity index (χ1) is 19.5. The smallest absolute Gasteiger partial charge is 0.243 e. The molecule has 10 heteroatoms. The Bertz CT molecular complexity index is 1390. The molecule has 0 spiro atoms. The summed E-state index contributed by atoms with van der Waals surface area (Å²) >= 11 is 0. The van der Waals surface area contributed by atoms with Crippen LogP contribution < -0.4 is 4.72 Å². The summed E-state index contributed by atoms with van der Waals surface area (Å²) in [5.74, 6) is 0.459. The number of hydrogen-bond donors (Lipinski definition) is 2. The molecule has 3 rings (SSSR count). The van der Waals surface area contributed by atoms with Gasteiger partial charge >= 0.3 is 0 Å². The number of sulfonamides is 2. The Balaban J connectivity index is 2.21. The maximum Gasteiger partial charge on any atom is 0.243 e. The molecular weight excluding hydrogens is 583 g/mol. The lowest BCUT2D eigenvalue weighted by atomic mass is 9.85. The average molecular weight is 640 g/mol. The number of aliphatic hydroxyl groups is 1. The van der Waals surface area contributed by atoms with E-state index >= 15 is 0 Å². The van der Waals surface area contributed by atoms with Crippen LogP contribution in [0.5, 0.6) is 0 Å². The molecule has 246 valence electrons. The van der Waals surface area contributed by atoms with Crippen LogP contribution in [0.2, 0.25) is 0 Å². The minimum absolute atomic E-state index is 0.0914. The Morgan fingerprint density at radius 1 is 1.00 bits per heavy atom. The highest BCUT2D eigenvalue weighted by molar-refractivity contribution is 7.91. The van der Waals surface area contributed by atoms with Gasteiger partial charge in [-0.1, -0.05) is 53.0 Å². The van der Waals surface area contributed by atoms with Crippen molar-refractivity contribution in [3.05, 3.63) is 35.4 Å². The number of rotatable bonds is 10. The van der Waals surface area contributed by atoms with E-state index in [0.717, 1.165) is 30.6 Å². The fourth-order valence-electron chi connectivity index (χ4n) is 6.50. The molecule has 43 heavy (non-hydrogen) atoms. The Kier molecular flexibility index (Phi) is 10.4. The summed E-state index contributed by atoms with van der Waals surface area (Å²) in [4.78, 5) is 2.51. The molecule has 0 bridgehead atoms. The maximum atomic E-state index is 14.1. The van der Waals surface area contributed by atoms with Crippen molar-refractivity contribution in [2.45, 2.75) is 141 Å². The van der Waals surface area contributed by atoms with Crippen LogP contribution in [0.15, 0.2) is 29.2 Å². The molecule has 2 unspecified atom stereocenters. The summed E-state index contributed by atoms with van der Waals surface area (Å²) in [6, 6.07) is 5.13. The molecule has 1 aliphatic heterocycles. The van der Waals surface area contributed by atoms with E-state index in [9.17, 15) is 21.9 Å². The highest BCUT2D eigenvalue weighted by atomic mass is 32.2. The Labute approximate surface area is 262 Å². The molecule has 0 amide bonds. The lowest BCUT2D eigenvalue weighted by Gasteiger charge is -2.38. The number of nitrogens with one attached hydrogen (secondary N) is 1. The van der Waals surface area contributed by atoms with Gasteiger partial charge in [0.25, 0.3) is 0 Å². The molecule has 1 aromatic carbocycles. The van der Waals surface area contributed by atoms with Crippen molar-refractivity contribution < 1.29 is 21.9 Å². The van der Waals surface area contributed by atoms with Gasteiger partial charge in [0.15, 0.2) is 0 Å². The van der Waals surface area contributed by atoms with Crippen molar-refractivity contribution in [2.24, 2.45) is 5.92 Å². The van der Waals surface area contributed by atoms with Crippen molar-refractivity contribution in [1.29, 1.82) is 0 Å². The van der Waals surface area contributed by atoms with E-state index in [1.165, 1.54) is 23.6 Å². The second kappa shape index (κ2) is 12.4. The number of benzene rings is 1. The van der Waals surface area contributed by atoms with E-state index in [1.807, 2.05) is 73.6 Å². The summed E-state index contributed by atoms with van der Waals surface area (Å²) in [5, 5.41) is 10.3. The van der Waals surface area contributed by atoms with Crippen molar-refractivity contribution >= 4 is 25.7 Å². The highest BCUT2D eigenvalue weighted by Crippen LogP contribution is 2.44. The molecule has 2 atom stereocenters. The minimum Gasteiger partial charge on any atom is -0.389 e. The van der Waals surface area contributed by atoms with Gasteiger partial charge in [-0.25, -0.2) is 21.6 Å². The average Bonchev–Trinajstić information content (AvgIpc) is 3.13. The second-order valence-corrected chi connectivity index (χ2v) is 19.5. The quantitative estimate of drug-likeness (QED) is 0.332. The van der Waals surface area contributed by atoms with Crippen LogP contribution in [-0.2, 0) is 25.5 Å². The predicted molar refractivity (Wildman–Crippen MR) is 177 cm³/mol. The van der Waals surface area contributed by atoms with Gasteiger partial charge in [-0.05, 0) is 102 Å². The molecular formula is C33H57N3O5S2. The van der Waals surface area contributed by atoms with Crippen LogP contribution in [-0.4, -0.2) is 72.7 Å². The molecule has 2 N–H and O–H groups in total. The van der Waals surface area contributed by atoms with Crippen LogP contribution >= 0.6 is 0 Å². The summed E-state index contributed by atoms with van der Waals surface area (Å²) in [6.45, 7) is 21.5. The minimum atomic E-state index is -3.89. The zero-order chi connectivity index (χ0) is 32.8. The third-order valence-electron chi connectivity index (χ3n) is 9.17. The van der Waals surface area contributed by atoms with Crippen molar-refractivity contribution in [2.75, 3.05) is 19.6 Å². The summed E-state index contributed by atoms with van der Waals surface area (Å²) < 4.78 is 58.8.